The molecule has 0 spiro atoms. The van der Waals surface area contributed by atoms with Crippen molar-refractivity contribution in [2.75, 3.05) is 0 Å². The Hall–Kier alpha value is -0.460. The Morgan fingerprint density at radius 2 is 1.80 bits per heavy atom. The average Bonchev–Trinajstić information content (AvgIpc) is 2.25. The second-order valence-corrected chi connectivity index (χ2v) is 8.41. The lowest BCUT2D eigenvalue weighted by Gasteiger charge is -2.31. The molecule has 3 nitrogen and oxygen atoms in total. The van der Waals surface area contributed by atoms with Crippen LogP contribution in [0.3, 0.4) is 0 Å². The van der Waals surface area contributed by atoms with Gasteiger partial charge in [-0.15, -0.1) is 0 Å². The standard InChI is InChI=1S/C14H19BrFNO2S/c1-9-5-10(2)7-12(6-9)17-20(18,19)14-4-3-11(15)8-13(14)16/h3-4,8-10,12,17H,5-7H2,1-2H3. The van der Waals surface area contributed by atoms with Gasteiger partial charge in [-0.3, -0.25) is 0 Å². The van der Waals surface area contributed by atoms with Gasteiger partial charge in [0.2, 0.25) is 10.0 Å². The van der Waals surface area contributed by atoms with Gasteiger partial charge < -0.3 is 0 Å². The summed E-state index contributed by atoms with van der Waals surface area (Å²) in [5.74, 6) is 0.242. The third-order valence-electron chi connectivity index (χ3n) is 3.68. The summed E-state index contributed by atoms with van der Waals surface area (Å²) in [4.78, 5) is -0.286. The molecule has 0 aliphatic heterocycles. The van der Waals surface area contributed by atoms with Crippen LogP contribution in [0.2, 0.25) is 0 Å². The second-order valence-electron chi connectivity index (χ2n) is 5.81. The molecule has 1 N–H and O–H groups in total. The molecule has 6 heteroatoms. The lowest BCUT2D eigenvalue weighted by Crippen LogP contribution is -2.40. The molecule has 1 fully saturated rings. The first kappa shape index (κ1) is 15.9. The fraction of sp³-hybridized carbons (Fsp3) is 0.571. The molecule has 0 aromatic heterocycles. The van der Waals surface area contributed by atoms with Gasteiger partial charge in [-0.05, 0) is 49.3 Å². The van der Waals surface area contributed by atoms with Crippen molar-refractivity contribution in [1.82, 2.24) is 4.72 Å². The fourth-order valence-electron chi connectivity index (χ4n) is 3.02. The second kappa shape index (κ2) is 6.12. The largest absolute Gasteiger partial charge is 0.243 e. The molecular weight excluding hydrogens is 345 g/mol. The molecule has 2 unspecified atom stereocenters. The summed E-state index contributed by atoms with van der Waals surface area (Å²) in [7, 11) is -3.80. The first-order valence-corrected chi connectivity index (χ1v) is 9.03. The van der Waals surface area contributed by atoms with Gasteiger partial charge in [0.25, 0.3) is 0 Å². The van der Waals surface area contributed by atoms with Crippen molar-refractivity contribution in [3.05, 3.63) is 28.5 Å². The quantitative estimate of drug-likeness (QED) is 0.889. The van der Waals surface area contributed by atoms with Crippen LogP contribution in [0.1, 0.15) is 33.1 Å². The molecule has 112 valence electrons. The van der Waals surface area contributed by atoms with Gasteiger partial charge in [0.15, 0.2) is 0 Å². The number of sulfonamides is 1. The van der Waals surface area contributed by atoms with Crippen molar-refractivity contribution in [3.63, 3.8) is 0 Å². The van der Waals surface area contributed by atoms with Crippen LogP contribution in [0.15, 0.2) is 27.6 Å². The van der Waals surface area contributed by atoms with E-state index in [1.54, 1.807) is 0 Å². The van der Waals surface area contributed by atoms with Crippen LogP contribution < -0.4 is 4.72 Å². The van der Waals surface area contributed by atoms with Crippen LogP contribution in [0, 0.1) is 17.7 Å². The molecular formula is C14H19BrFNO2S. The van der Waals surface area contributed by atoms with Gasteiger partial charge in [-0.25, -0.2) is 17.5 Å². The minimum absolute atomic E-state index is 0.109. The Morgan fingerprint density at radius 3 is 2.35 bits per heavy atom. The van der Waals surface area contributed by atoms with Crippen LogP contribution in [0.25, 0.3) is 0 Å². The molecule has 0 saturated heterocycles. The molecule has 1 saturated carbocycles. The van der Waals surface area contributed by atoms with Gasteiger partial charge in [0.05, 0.1) is 0 Å². The van der Waals surface area contributed by atoms with Crippen molar-refractivity contribution >= 4 is 26.0 Å². The molecule has 1 aliphatic carbocycles. The summed E-state index contributed by atoms with van der Waals surface area (Å²) in [5, 5.41) is 0. The van der Waals surface area contributed by atoms with Gasteiger partial charge in [0, 0.05) is 10.5 Å². The normalized spacial score (nSPS) is 27.5. The monoisotopic (exact) mass is 363 g/mol. The van der Waals surface area contributed by atoms with Crippen molar-refractivity contribution in [1.29, 1.82) is 0 Å². The molecule has 2 rings (SSSR count). The smallest absolute Gasteiger partial charge is 0.208 e. The Labute approximate surface area is 128 Å². The molecule has 0 heterocycles. The van der Waals surface area contributed by atoms with E-state index in [0.29, 0.717) is 16.3 Å². The predicted octanol–water partition coefficient (Wildman–Crippen LogP) is 3.69. The first-order chi connectivity index (χ1) is 9.28. The maximum Gasteiger partial charge on any atom is 0.243 e. The van der Waals surface area contributed by atoms with Crippen molar-refractivity contribution < 1.29 is 12.8 Å². The number of rotatable bonds is 3. The fourth-order valence-corrected chi connectivity index (χ4v) is 4.67. The Morgan fingerprint density at radius 1 is 1.20 bits per heavy atom. The highest BCUT2D eigenvalue weighted by Gasteiger charge is 2.29. The summed E-state index contributed by atoms with van der Waals surface area (Å²) in [5.41, 5.74) is 0. The highest BCUT2D eigenvalue weighted by atomic mass is 79.9. The molecule has 0 amide bonds. The van der Waals surface area contributed by atoms with E-state index < -0.39 is 15.8 Å². The van der Waals surface area contributed by atoms with Crippen molar-refractivity contribution in [2.45, 2.75) is 44.0 Å². The number of hydrogen-bond donors (Lipinski definition) is 1. The van der Waals surface area contributed by atoms with Crippen LogP contribution in [0.4, 0.5) is 4.39 Å². The van der Waals surface area contributed by atoms with E-state index in [1.165, 1.54) is 18.2 Å². The zero-order chi connectivity index (χ0) is 14.9. The Bertz CT molecular complexity index is 581. The highest BCUT2D eigenvalue weighted by molar-refractivity contribution is 9.10. The zero-order valence-corrected chi connectivity index (χ0v) is 14.0. The van der Waals surface area contributed by atoms with Gasteiger partial charge in [-0.2, -0.15) is 0 Å². The molecule has 0 bridgehead atoms. The van der Waals surface area contributed by atoms with E-state index >= 15 is 0 Å². The summed E-state index contributed by atoms with van der Waals surface area (Å²) >= 11 is 3.12. The lowest BCUT2D eigenvalue weighted by molar-refractivity contribution is 0.257. The van der Waals surface area contributed by atoms with Crippen LogP contribution >= 0.6 is 15.9 Å². The minimum Gasteiger partial charge on any atom is -0.208 e. The van der Waals surface area contributed by atoms with Crippen molar-refractivity contribution in [3.8, 4) is 0 Å². The number of benzene rings is 1. The molecule has 2 atom stereocenters. The molecule has 20 heavy (non-hydrogen) atoms. The Kier molecular flexibility index (Phi) is 4.87. The SMILES string of the molecule is CC1CC(C)CC(NS(=O)(=O)c2ccc(Br)cc2F)C1. The van der Waals surface area contributed by atoms with Crippen LogP contribution in [-0.2, 0) is 10.0 Å². The van der Waals surface area contributed by atoms with Gasteiger partial charge in [0.1, 0.15) is 10.7 Å². The maximum absolute atomic E-state index is 13.8. The summed E-state index contributed by atoms with van der Waals surface area (Å²) < 4.78 is 41.5. The van der Waals surface area contributed by atoms with Gasteiger partial charge in [-0.1, -0.05) is 29.8 Å². The number of halogens is 2. The van der Waals surface area contributed by atoms with E-state index in [9.17, 15) is 12.8 Å². The van der Waals surface area contributed by atoms with Crippen molar-refractivity contribution in [2.24, 2.45) is 11.8 Å². The molecule has 1 aromatic rings. The minimum atomic E-state index is -3.80. The van der Waals surface area contributed by atoms with Crippen LogP contribution in [0.5, 0.6) is 0 Å². The van der Waals surface area contributed by atoms with Crippen LogP contribution in [-0.4, -0.2) is 14.5 Å². The first-order valence-electron chi connectivity index (χ1n) is 6.75. The summed E-state index contributed by atoms with van der Waals surface area (Å²) in [6.07, 6.45) is 2.73. The van der Waals surface area contributed by atoms with E-state index in [2.05, 4.69) is 34.5 Å². The highest BCUT2D eigenvalue weighted by Crippen LogP contribution is 2.29. The van der Waals surface area contributed by atoms with E-state index in [1.807, 2.05) is 0 Å². The summed E-state index contributed by atoms with van der Waals surface area (Å²) in [6.45, 7) is 4.24. The van der Waals surface area contributed by atoms with E-state index in [0.717, 1.165) is 19.3 Å². The van der Waals surface area contributed by atoms with Gasteiger partial charge >= 0.3 is 0 Å². The predicted molar refractivity (Wildman–Crippen MR) is 80.4 cm³/mol. The third kappa shape index (κ3) is 3.80. The molecule has 1 aromatic carbocycles. The maximum atomic E-state index is 13.8. The van der Waals surface area contributed by atoms with E-state index in [4.69, 9.17) is 0 Å². The zero-order valence-electron chi connectivity index (χ0n) is 11.6. The lowest BCUT2D eigenvalue weighted by atomic mass is 9.81. The summed E-state index contributed by atoms with van der Waals surface area (Å²) in [6, 6.07) is 3.88. The number of hydrogen-bond acceptors (Lipinski definition) is 2. The molecule has 1 aliphatic rings. The third-order valence-corrected chi connectivity index (χ3v) is 5.73. The van der Waals surface area contributed by atoms with E-state index in [-0.39, 0.29) is 10.9 Å². The molecule has 0 radical (unpaired) electrons. The Balaban J connectivity index is 2.18. The number of nitrogens with one attached hydrogen (secondary N) is 1. The average molecular weight is 364 g/mol. The topological polar surface area (TPSA) is 46.2 Å².